The minimum atomic E-state index is -1.78. The summed E-state index contributed by atoms with van der Waals surface area (Å²) in [6.07, 6.45) is -14.0. The Labute approximate surface area is 225 Å². The lowest BCUT2D eigenvalue weighted by molar-refractivity contribution is -0.269. The molecule has 0 saturated carbocycles. The summed E-state index contributed by atoms with van der Waals surface area (Å²) in [6, 6.07) is 7.98. The summed E-state index contributed by atoms with van der Waals surface area (Å²) in [6.45, 7) is 0.991. The van der Waals surface area contributed by atoms with E-state index in [1.165, 1.54) is 31.2 Å². The molecule has 9 atom stereocenters. The summed E-state index contributed by atoms with van der Waals surface area (Å²) < 4.78 is 27.9. The maximum absolute atomic E-state index is 13.1. The lowest BCUT2D eigenvalue weighted by atomic mass is 10.00. The van der Waals surface area contributed by atoms with Crippen molar-refractivity contribution in [2.24, 2.45) is 0 Å². The Hall–Kier alpha value is -3.47. The van der Waals surface area contributed by atoms with Crippen molar-refractivity contribution < 1.29 is 64.2 Å². The van der Waals surface area contributed by atoms with Gasteiger partial charge in [0.05, 0.1) is 12.7 Å². The lowest BCUT2D eigenvalue weighted by Crippen LogP contribution is -2.58. The summed E-state index contributed by atoms with van der Waals surface area (Å²) in [7, 11) is 0. The molecule has 2 aliphatic heterocycles. The standard InChI is InChI=1S/C26H28O14/c1-9-18(30)21(33)23(35)26(37-9)39-16-7-15-17(12(28)6-14(38-15)10-2-4-11(27)5-3-10)20(32)24(16)40-25-22(34)19(31)13(29)8-36-25/h2-7,9,13,18-19,21-23,25-27,29-35H,8H2,1H3/t9-,13+,18+,19+,21+,22-,23-,25-,26+/m1/s1. The molecule has 0 aliphatic carbocycles. The van der Waals surface area contributed by atoms with Gasteiger partial charge in [-0.3, -0.25) is 4.79 Å². The molecule has 3 heterocycles. The monoisotopic (exact) mass is 564 g/mol. The summed E-state index contributed by atoms with van der Waals surface area (Å²) in [4.78, 5) is 13.1. The van der Waals surface area contributed by atoms with Gasteiger partial charge in [-0.05, 0) is 31.2 Å². The zero-order chi connectivity index (χ0) is 28.9. The van der Waals surface area contributed by atoms with Crippen LogP contribution in [0.5, 0.6) is 23.0 Å². The van der Waals surface area contributed by atoms with E-state index in [2.05, 4.69) is 0 Å². The molecule has 40 heavy (non-hydrogen) atoms. The highest BCUT2D eigenvalue weighted by Crippen LogP contribution is 2.45. The van der Waals surface area contributed by atoms with Crippen LogP contribution in [0.1, 0.15) is 6.92 Å². The van der Waals surface area contributed by atoms with Gasteiger partial charge >= 0.3 is 0 Å². The quantitative estimate of drug-likeness (QED) is 0.184. The first kappa shape index (κ1) is 28.1. The molecular weight excluding hydrogens is 536 g/mol. The molecule has 0 bridgehead atoms. The van der Waals surface area contributed by atoms with Gasteiger partial charge in [0, 0.05) is 17.7 Å². The van der Waals surface area contributed by atoms with Gasteiger partial charge < -0.3 is 64.2 Å². The van der Waals surface area contributed by atoms with Gasteiger partial charge in [0.1, 0.15) is 59.1 Å². The van der Waals surface area contributed by atoms with Crippen LogP contribution < -0.4 is 14.9 Å². The minimum absolute atomic E-state index is 0.0145. The Morgan fingerprint density at radius 2 is 1.50 bits per heavy atom. The first-order valence-corrected chi connectivity index (χ1v) is 12.3. The highest BCUT2D eigenvalue weighted by atomic mass is 16.7. The number of aliphatic hydroxyl groups is 6. The van der Waals surface area contributed by atoms with E-state index in [1.54, 1.807) is 0 Å². The average molecular weight is 564 g/mol. The molecule has 14 nitrogen and oxygen atoms in total. The van der Waals surface area contributed by atoms with Crippen molar-refractivity contribution in [1.29, 1.82) is 0 Å². The molecule has 0 radical (unpaired) electrons. The maximum atomic E-state index is 13.1. The number of fused-ring (bicyclic) bond motifs is 1. The third-order valence-electron chi connectivity index (χ3n) is 6.80. The summed E-state index contributed by atoms with van der Waals surface area (Å²) in [5.74, 6) is -1.73. The van der Waals surface area contributed by atoms with E-state index in [9.17, 15) is 45.6 Å². The Morgan fingerprint density at radius 1 is 0.825 bits per heavy atom. The van der Waals surface area contributed by atoms with E-state index < -0.39 is 84.6 Å². The van der Waals surface area contributed by atoms with Gasteiger partial charge in [0.25, 0.3) is 0 Å². The molecule has 2 aromatic carbocycles. The number of aliphatic hydroxyl groups excluding tert-OH is 6. The second kappa shape index (κ2) is 10.8. The molecule has 216 valence electrons. The number of aromatic hydroxyl groups is 2. The van der Waals surface area contributed by atoms with E-state index in [-0.39, 0.29) is 22.5 Å². The van der Waals surface area contributed by atoms with Crippen LogP contribution in [0, 0.1) is 0 Å². The number of rotatable bonds is 5. The number of phenols is 2. The first-order valence-electron chi connectivity index (χ1n) is 12.3. The van der Waals surface area contributed by atoms with Crippen molar-refractivity contribution in [3.8, 4) is 34.3 Å². The lowest BCUT2D eigenvalue weighted by Gasteiger charge is -2.39. The van der Waals surface area contributed by atoms with Gasteiger partial charge in [0.15, 0.2) is 16.9 Å². The van der Waals surface area contributed by atoms with Crippen LogP contribution in [-0.4, -0.2) is 103 Å². The zero-order valence-corrected chi connectivity index (χ0v) is 20.9. The second-order valence-electron chi connectivity index (χ2n) is 9.61. The van der Waals surface area contributed by atoms with Crippen LogP contribution in [-0.2, 0) is 9.47 Å². The molecule has 2 saturated heterocycles. The van der Waals surface area contributed by atoms with Gasteiger partial charge in [-0.25, -0.2) is 0 Å². The predicted octanol–water partition coefficient (Wildman–Crippen LogP) is -1.10. The number of hydrogen-bond donors (Lipinski definition) is 8. The zero-order valence-electron chi connectivity index (χ0n) is 20.9. The number of hydrogen-bond acceptors (Lipinski definition) is 14. The van der Waals surface area contributed by atoms with Crippen molar-refractivity contribution in [3.05, 3.63) is 46.6 Å². The van der Waals surface area contributed by atoms with Crippen LogP contribution in [0.2, 0.25) is 0 Å². The molecule has 0 amide bonds. The normalized spacial score (nSPS) is 32.6. The third-order valence-corrected chi connectivity index (χ3v) is 6.80. The molecule has 1 aromatic heterocycles. The Morgan fingerprint density at radius 3 is 2.20 bits per heavy atom. The van der Waals surface area contributed by atoms with Crippen molar-refractivity contribution in [2.45, 2.75) is 62.2 Å². The van der Waals surface area contributed by atoms with Gasteiger partial charge in [0.2, 0.25) is 18.3 Å². The fourth-order valence-electron chi connectivity index (χ4n) is 4.47. The topological polar surface area (TPSA) is 229 Å². The molecule has 2 aliphatic rings. The fraction of sp³-hybridized carbons (Fsp3) is 0.423. The molecule has 0 unspecified atom stereocenters. The van der Waals surface area contributed by atoms with Crippen molar-refractivity contribution >= 4 is 11.0 Å². The van der Waals surface area contributed by atoms with Crippen molar-refractivity contribution in [1.82, 2.24) is 0 Å². The molecule has 2 fully saturated rings. The summed E-state index contributed by atoms with van der Waals surface area (Å²) in [5.41, 5.74) is -0.489. The predicted molar refractivity (Wildman–Crippen MR) is 133 cm³/mol. The highest BCUT2D eigenvalue weighted by molar-refractivity contribution is 5.89. The largest absolute Gasteiger partial charge is 0.508 e. The number of ether oxygens (including phenoxy) is 4. The SMILES string of the molecule is C[C@H]1O[C@@H](Oc2cc3oc(-c4ccc(O)cc4)cc(=O)c3c(O)c2O[C@H]2OC[C@H](O)[C@H](O)[C@H]2O)[C@H](O)[C@@H](O)[C@H]1O. The fourth-order valence-corrected chi connectivity index (χ4v) is 4.47. The van der Waals surface area contributed by atoms with E-state index >= 15 is 0 Å². The molecule has 5 rings (SSSR count). The van der Waals surface area contributed by atoms with Crippen LogP contribution in [0.25, 0.3) is 22.3 Å². The Kier molecular flexibility index (Phi) is 7.60. The molecular formula is C26H28O14. The van der Waals surface area contributed by atoms with Crippen LogP contribution in [0.4, 0.5) is 0 Å². The van der Waals surface area contributed by atoms with Gasteiger partial charge in [-0.1, -0.05) is 0 Å². The molecule has 3 aromatic rings. The summed E-state index contributed by atoms with van der Waals surface area (Å²) >= 11 is 0. The van der Waals surface area contributed by atoms with Crippen LogP contribution in [0.3, 0.4) is 0 Å². The summed E-state index contributed by atoms with van der Waals surface area (Å²) in [5, 5.41) is 81.2. The molecule has 0 spiro atoms. The number of phenolic OH excluding ortho intramolecular Hbond substituents is 2. The Bertz CT molecular complexity index is 1420. The Balaban J connectivity index is 1.61. The average Bonchev–Trinajstić information content (AvgIpc) is 2.92. The van der Waals surface area contributed by atoms with Crippen LogP contribution >= 0.6 is 0 Å². The molecule has 14 heteroatoms. The first-order chi connectivity index (χ1) is 19.0. The third kappa shape index (κ3) is 5.07. The highest BCUT2D eigenvalue weighted by Gasteiger charge is 2.44. The van der Waals surface area contributed by atoms with Gasteiger partial charge in [-0.2, -0.15) is 0 Å². The van der Waals surface area contributed by atoms with Gasteiger partial charge in [-0.15, -0.1) is 0 Å². The van der Waals surface area contributed by atoms with E-state index in [0.717, 1.165) is 12.1 Å². The second-order valence-corrected chi connectivity index (χ2v) is 9.61. The maximum Gasteiger partial charge on any atom is 0.229 e. The van der Waals surface area contributed by atoms with E-state index in [1.807, 2.05) is 0 Å². The minimum Gasteiger partial charge on any atom is -0.508 e. The smallest absolute Gasteiger partial charge is 0.229 e. The van der Waals surface area contributed by atoms with Crippen LogP contribution in [0.15, 0.2) is 45.6 Å². The van der Waals surface area contributed by atoms with Crippen molar-refractivity contribution in [3.63, 3.8) is 0 Å². The number of benzene rings is 2. The van der Waals surface area contributed by atoms with E-state index in [0.29, 0.717) is 5.56 Å². The van der Waals surface area contributed by atoms with E-state index in [4.69, 9.17) is 23.4 Å². The van der Waals surface area contributed by atoms with Crippen molar-refractivity contribution in [2.75, 3.05) is 6.61 Å². The molecule has 8 N–H and O–H groups in total.